The lowest BCUT2D eigenvalue weighted by Crippen LogP contribution is -2.44. The van der Waals surface area contributed by atoms with Gasteiger partial charge in [0.25, 0.3) is 0 Å². The Bertz CT molecular complexity index is 1250. The van der Waals surface area contributed by atoms with E-state index in [-0.39, 0.29) is 17.3 Å². The van der Waals surface area contributed by atoms with Crippen molar-refractivity contribution in [3.05, 3.63) is 29.8 Å². The molecule has 3 heterocycles. The van der Waals surface area contributed by atoms with Crippen LogP contribution in [-0.2, 0) is 4.74 Å². The average molecular weight is 499 g/mol. The number of hydrogen-bond donors (Lipinski definition) is 3. The van der Waals surface area contributed by atoms with E-state index in [0.29, 0.717) is 42.5 Å². The molecule has 0 saturated carbocycles. The third kappa shape index (κ3) is 5.72. The first-order valence-corrected chi connectivity index (χ1v) is 11.7. The molecule has 1 amide bonds. The Morgan fingerprint density at radius 3 is 2.61 bits per heavy atom. The highest BCUT2D eigenvalue weighted by Crippen LogP contribution is 2.33. The third-order valence-electron chi connectivity index (χ3n) is 5.40. The fraction of sp³-hybridized carbons (Fsp3) is 0.435. The van der Waals surface area contributed by atoms with Crippen molar-refractivity contribution in [2.24, 2.45) is 0 Å². The summed E-state index contributed by atoms with van der Waals surface area (Å²) in [5, 5.41) is 22.3. The zero-order valence-electron chi connectivity index (χ0n) is 21.1. The fourth-order valence-corrected chi connectivity index (χ4v) is 3.64. The predicted octanol–water partition coefficient (Wildman–Crippen LogP) is 3.27. The molecule has 1 fully saturated rings. The van der Waals surface area contributed by atoms with Gasteiger partial charge in [-0.05, 0) is 26.1 Å². The molecule has 1 aliphatic rings. The maximum atomic E-state index is 15.7. The molecule has 0 unspecified atom stereocenters. The van der Waals surface area contributed by atoms with E-state index in [2.05, 4.69) is 35.9 Å². The molecule has 3 N–H and O–H groups in total. The maximum Gasteiger partial charge on any atom is 0.411 e. The topological polar surface area (TPSA) is 136 Å². The Hall–Kier alpha value is -4.18. The number of rotatable bonds is 6. The smallest absolute Gasteiger partial charge is 0.411 e. The largest absolute Gasteiger partial charge is 0.453 e. The number of likely N-dealkylation sites (N-methyl/N-ethyl adjacent to an activating group) is 1. The van der Waals surface area contributed by atoms with Crippen LogP contribution >= 0.6 is 0 Å². The van der Waals surface area contributed by atoms with Crippen molar-refractivity contribution >= 4 is 40.6 Å². The van der Waals surface area contributed by atoms with E-state index >= 15 is 4.39 Å². The molecule has 1 aromatic carbocycles. The number of imidazole rings is 1. The normalized spacial score (nSPS) is 13.4. The minimum Gasteiger partial charge on any atom is -0.453 e. The molecular weight excluding hydrogens is 467 g/mol. The quantitative estimate of drug-likeness (QED) is 0.464. The number of nitrogens with one attached hydrogen (secondary N) is 3. The molecule has 12 nitrogen and oxygen atoms in total. The first kappa shape index (κ1) is 26.4. The van der Waals surface area contributed by atoms with Crippen LogP contribution in [0.25, 0.3) is 5.65 Å². The number of ether oxygens (including phenoxy) is 1. The number of nitriles is 1. The molecule has 0 spiro atoms. The third-order valence-corrected chi connectivity index (χ3v) is 5.40. The van der Waals surface area contributed by atoms with Gasteiger partial charge in [-0.3, -0.25) is 5.32 Å². The van der Waals surface area contributed by atoms with Crippen LogP contribution < -0.4 is 20.9 Å². The summed E-state index contributed by atoms with van der Waals surface area (Å²) in [4.78, 5) is 24.5. The van der Waals surface area contributed by atoms with Crippen molar-refractivity contribution < 1.29 is 13.9 Å². The second-order valence-electron chi connectivity index (χ2n) is 7.69. The van der Waals surface area contributed by atoms with Gasteiger partial charge in [0.05, 0.1) is 24.7 Å². The summed E-state index contributed by atoms with van der Waals surface area (Å²) in [6, 6.07) is 5.03. The van der Waals surface area contributed by atoms with Gasteiger partial charge < -0.3 is 25.2 Å². The zero-order chi connectivity index (χ0) is 26.2. The summed E-state index contributed by atoms with van der Waals surface area (Å²) in [5.74, 6) is -0.0683. The van der Waals surface area contributed by atoms with E-state index in [9.17, 15) is 10.1 Å². The number of halogens is 1. The molecule has 0 atom stereocenters. The SMILES string of the molecule is CC.CCNc1nc(Nc2cc(NC(=O)OC)cc(N3CCN(C)CC3)c2F)nn2c(C#N)cnc12. The number of benzene rings is 1. The number of fused-ring (bicyclic) bond motifs is 1. The van der Waals surface area contributed by atoms with Crippen molar-refractivity contribution in [1.29, 1.82) is 5.26 Å². The summed E-state index contributed by atoms with van der Waals surface area (Å²) < 4.78 is 21.7. The van der Waals surface area contributed by atoms with Crippen molar-refractivity contribution in [3.63, 3.8) is 0 Å². The lowest BCUT2D eigenvalue weighted by atomic mass is 10.2. The predicted molar refractivity (Wildman–Crippen MR) is 136 cm³/mol. The average Bonchev–Trinajstić information content (AvgIpc) is 3.31. The van der Waals surface area contributed by atoms with E-state index in [1.807, 2.05) is 38.8 Å². The lowest BCUT2D eigenvalue weighted by molar-refractivity contribution is 0.187. The number of amides is 1. The van der Waals surface area contributed by atoms with Crippen molar-refractivity contribution in [2.75, 3.05) is 67.7 Å². The summed E-state index contributed by atoms with van der Waals surface area (Å²) >= 11 is 0. The number of nitrogens with zero attached hydrogens (tertiary/aromatic N) is 7. The molecule has 192 valence electrons. The van der Waals surface area contributed by atoms with Crippen molar-refractivity contribution in [2.45, 2.75) is 20.8 Å². The first-order valence-electron chi connectivity index (χ1n) is 11.7. The molecule has 0 radical (unpaired) electrons. The molecule has 1 aliphatic heterocycles. The molecule has 13 heteroatoms. The molecule has 3 aromatic rings. The van der Waals surface area contributed by atoms with E-state index in [0.717, 1.165) is 13.1 Å². The maximum absolute atomic E-state index is 15.7. The minimum absolute atomic E-state index is 0.0522. The fourth-order valence-electron chi connectivity index (χ4n) is 3.64. The van der Waals surface area contributed by atoms with Crippen LogP contribution in [0.3, 0.4) is 0 Å². The number of hydrogen-bond acceptors (Lipinski definition) is 10. The number of methoxy groups -OCH3 is 1. The van der Waals surface area contributed by atoms with Gasteiger partial charge in [-0.15, -0.1) is 5.10 Å². The van der Waals surface area contributed by atoms with E-state index in [1.165, 1.54) is 23.9 Å². The molecule has 0 bridgehead atoms. The second-order valence-corrected chi connectivity index (χ2v) is 7.69. The van der Waals surface area contributed by atoms with Crippen LogP contribution in [0.4, 0.5) is 38.0 Å². The zero-order valence-corrected chi connectivity index (χ0v) is 21.1. The minimum atomic E-state index is -0.675. The molecule has 2 aromatic heterocycles. The summed E-state index contributed by atoms with van der Waals surface area (Å²) in [6.45, 7) is 9.26. The van der Waals surface area contributed by atoms with Gasteiger partial charge in [0, 0.05) is 38.4 Å². The highest BCUT2D eigenvalue weighted by molar-refractivity contribution is 5.87. The first-order chi connectivity index (χ1) is 17.4. The van der Waals surface area contributed by atoms with Crippen molar-refractivity contribution in [1.82, 2.24) is 24.5 Å². The van der Waals surface area contributed by atoms with Gasteiger partial charge in [0.15, 0.2) is 23.0 Å². The summed E-state index contributed by atoms with van der Waals surface area (Å²) in [5.41, 5.74) is 1.32. The van der Waals surface area contributed by atoms with Crippen LogP contribution in [0.15, 0.2) is 18.3 Å². The van der Waals surface area contributed by atoms with Gasteiger partial charge >= 0.3 is 6.09 Å². The van der Waals surface area contributed by atoms with Crippen LogP contribution in [0.5, 0.6) is 0 Å². The Morgan fingerprint density at radius 2 is 1.97 bits per heavy atom. The summed E-state index contributed by atoms with van der Waals surface area (Å²) in [6.07, 6.45) is 0.716. The standard InChI is InChI=1S/C21H25FN10O2.C2H6/c1-4-24-18-19-25-12-14(11-23)32(19)29-20(28-18)27-15-9-13(26-21(33)34-3)10-16(17(15)22)31-7-5-30(2)6-8-31;1-2/h9-10,12H,4-8H2,1-3H3,(H,26,33)(H2,24,27,28,29);1-2H3. The lowest BCUT2D eigenvalue weighted by Gasteiger charge is -2.34. The Morgan fingerprint density at radius 1 is 1.25 bits per heavy atom. The van der Waals surface area contributed by atoms with Crippen LogP contribution in [-0.4, -0.2) is 77.5 Å². The summed E-state index contributed by atoms with van der Waals surface area (Å²) in [7, 11) is 3.26. The highest BCUT2D eigenvalue weighted by atomic mass is 19.1. The Balaban J connectivity index is 0.00000176. The number of carbonyl (C=O) groups is 1. The number of anilines is 5. The Labute approximate surface area is 209 Å². The van der Waals surface area contributed by atoms with Crippen LogP contribution in [0.1, 0.15) is 26.5 Å². The molecule has 0 aliphatic carbocycles. The van der Waals surface area contributed by atoms with E-state index in [1.54, 1.807) is 6.07 Å². The van der Waals surface area contributed by atoms with Gasteiger partial charge in [-0.2, -0.15) is 14.8 Å². The van der Waals surface area contributed by atoms with E-state index < -0.39 is 11.9 Å². The van der Waals surface area contributed by atoms with E-state index in [4.69, 9.17) is 4.74 Å². The molecular formula is C23H31FN10O2. The van der Waals surface area contributed by atoms with Crippen LogP contribution in [0.2, 0.25) is 0 Å². The van der Waals surface area contributed by atoms with Gasteiger partial charge in [0.1, 0.15) is 6.07 Å². The molecule has 1 saturated heterocycles. The number of aromatic nitrogens is 4. The second kappa shape index (κ2) is 12.0. The van der Waals surface area contributed by atoms with Gasteiger partial charge in [-0.1, -0.05) is 13.8 Å². The van der Waals surface area contributed by atoms with Gasteiger partial charge in [0.2, 0.25) is 5.95 Å². The van der Waals surface area contributed by atoms with Crippen molar-refractivity contribution in [3.8, 4) is 6.07 Å². The monoisotopic (exact) mass is 498 g/mol. The number of carbonyl (C=O) groups excluding carboxylic acids is 1. The van der Waals surface area contributed by atoms with Crippen LogP contribution in [0, 0.1) is 17.1 Å². The van der Waals surface area contributed by atoms with Gasteiger partial charge in [-0.25, -0.2) is 14.2 Å². The highest BCUT2D eigenvalue weighted by Gasteiger charge is 2.22. The molecule has 4 rings (SSSR count). The molecule has 36 heavy (non-hydrogen) atoms. The Kier molecular flexibility index (Phi) is 8.80. The number of piperazine rings is 1.